The van der Waals surface area contributed by atoms with Gasteiger partial charge in [-0.25, -0.2) is 0 Å². The van der Waals surface area contributed by atoms with Gasteiger partial charge in [0.05, 0.1) is 0 Å². The molecule has 0 aliphatic carbocycles. The van der Waals surface area contributed by atoms with Crippen molar-refractivity contribution in [1.29, 1.82) is 0 Å². The van der Waals surface area contributed by atoms with Crippen molar-refractivity contribution in [2.45, 2.75) is 20.3 Å². The summed E-state index contributed by atoms with van der Waals surface area (Å²) in [5.41, 5.74) is 0. The Hall–Kier alpha value is -0.830. The minimum absolute atomic E-state index is 0.116. The molecule has 2 N–H and O–H groups in total. The second kappa shape index (κ2) is 7.80. The van der Waals surface area contributed by atoms with Gasteiger partial charge in [0.25, 0.3) is 0 Å². The van der Waals surface area contributed by atoms with Crippen LogP contribution < -0.4 is 10.6 Å². The first kappa shape index (κ1) is 12.2. The predicted molar refractivity (Wildman–Crippen MR) is 55.5 cm³/mol. The summed E-state index contributed by atoms with van der Waals surface area (Å²) in [6.07, 6.45) is 2.33. The molecule has 0 fully saturated rings. The van der Waals surface area contributed by atoms with Crippen LogP contribution in [0.3, 0.4) is 0 Å². The van der Waals surface area contributed by atoms with E-state index in [1.54, 1.807) is 6.08 Å². The summed E-state index contributed by atoms with van der Waals surface area (Å²) in [5.74, 6) is 0.635. The highest BCUT2D eigenvalue weighted by atomic mass is 16.1. The number of nitrogens with one attached hydrogen (secondary N) is 2. The van der Waals surface area contributed by atoms with E-state index >= 15 is 0 Å². The lowest BCUT2D eigenvalue weighted by Crippen LogP contribution is -2.30. The standard InChI is InChI=1S/C10H20N2O/c1-4-6-11-7-5-10(13)12-8-9(2)3/h4,9,11H,1,5-8H2,2-3H3,(H,12,13). The molecule has 0 heterocycles. The Labute approximate surface area is 80.6 Å². The van der Waals surface area contributed by atoms with E-state index in [-0.39, 0.29) is 5.91 Å². The maximum absolute atomic E-state index is 11.1. The van der Waals surface area contributed by atoms with Crippen molar-refractivity contribution >= 4 is 5.91 Å². The van der Waals surface area contributed by atoms with Crippen molar-refractivity contribution in [3.8, 4) is 0 Å². The predicted octanol–water partition coefficient (Wildman–Crippen LogP) is 0.924. The first-order valence-corrected chi connectivity index (χ1v) is 4.75. The molecule has 0 aliphatic rings. The summed E-state index contributed by atoms with van der Waals surface area (Å²) in [5, 5.41) is 5.93. The lowest BCUT2D eigenvalue weighted by atomic mass is 10.2. The molecule has 1 amide bonds. The Morgan fingerprint density at radius 2 is 2.23 bits per heavy atom. The molecule has 0 aromatic carbocycles. The van der Waals surface area contributed by atoms with Gasteiger partial charge in [-0.3, -0.25) is 4.79 Å². The molecular formula is C10H20N2O. The van der Waals surface area contributed by atoms with Crippen molar-refractivity contribution in [2.75, 3.05) is 19.6 Å². The highest BCUT2D eigenvalue weighted by molar-refractivity contribution is 5.76. The van der Waals surface area contributed by atoms with Gasteiger partial charge in [0.2, 0.25) is 5.91 Å². The zero-order chi connectivity index (χ0) is 10.1. The average molecular weight is 184 g/mol. The summed E-state index contributed by atoms with van der Waals surface area (Å²) in [6.45, 7) is 9.98. The Balaban J connectivity index is 3.25. The fourth-order valence-corrected chi connectivity index (χ4v) is 0.812. The third-order valence-electron chi connectivity index (χ3n) is 1.52. The highest BCUT2D eigenvalue weighted by Gasteiger charge is 2.00. The topological polar surface area (TPSA) is 41.1 Å². The molecule has 0 aliphatic heterocycles. The Kier molecular flexibility index (Phi) is 7.30. The van der Waals surface area contributed by atoms with Gasteiger partial charge in [0.1, 0.15) is 0 Å². The van der Waals surface area contributed by atoms with E-state index in [0.717, 1.165) is 19.6 Å². The van der Waals surface area contributed by atoms with E-state index in [2.05, 4.69) is 31.1 Å². The van der Waals surface area contributed by atoms with Gasteiger partial charge in [-0.15, -0.1) is 6.58 Å². The lowest BCUT2D eigenvalue weighted by Gasteiger charge is -2.07. The van der Waals surface area contributed by atoms with Crippen LogP contribution in [0.5, 0.6) is 0 Å². The number of carbonyl (C=O) groups excluding carboxylic acids is 1. The quantitative estimate of drug-likeness (QED) is 0.456. The molecule has 0 spiro atoms. The van der Waals surface area contributed by atoms with Gasteiger partial charge in [-0.1, -0.05) is 19.9 Å². The third-order valence-corrected chi connectivity index (χ3v) is 1.52. The van der Waals surface area contributed by atoms with Crippen molar-refractivity contribution in [3.63, 3.8) is 0 Å². The Bertz CT molecular complexity index is 155. The van der Waals surface area contributed by atoms with Gasteiger partial charge >= 0.3 is 0 Å². The first-order valence-electron chi connectivity index (χ1n) is 4.75. The number of hydrogen-bond donors (Lipinski definition) is 2. The number of amides is 1. The molecule has 3 nitrogen and oxygen atoms in total. The molecule has 0 bridgehead atoms. The molecule has 0 atom stereocenters. The van der Waals surface area contributed by atoms with Crippen molar-refractivity contribution in [3.05, 3.63) is 12.7 Å². The van der Waals surface area contributed by atoms with Crippen LogP contribution in [0.2, 0.25) is 0 Å². The average Bonchev–Trinajstić information content (AvgIpc) is 2.09. The molecular weight excluding hydrogens is 164 g/mol. The van der Waals surface area contributed by atoms with Crippen molar-refractivity contribution in [2.24, 2.45) is 5.92 Å². The summed E-state index contributed by atoms with van der Waals surface area (Å²) in [6, 6.07) is 0. The van der Waals surface area contributed by atoms with Crippen LogP contribution in [0, 0.1) is 5.92 Å². The SMILES string of the molecule is C=CCNCCC(=O)NCC(C)C. The van der Waals surface area contributed by atoms with E-state index in [1.165, 1.54) is 0 Å². The fourth-order valence-electron chi connectivity index (χ4n) is 0.812. The minimum atomic E-state index is 0.116. The van der Waals surface area contributed by atoms with Crippen LogP contribution in [0.4, 0.5) is 0 Å². The highest BCUT2D eigenvalue weighted by Crippen LogP contribution is 1.87. The monoisotopic (exact) mass is 184 g/mol. The van der Waals surface area contributed by atoms with E-state index in [1.807, 2.05) is 0 Å². The lowest BCUT2D eigenvalue weighted by molar-refractivity contribution is -0.121. The molecule has 13 heavy (non-hydrogen) atoms. The first-order chi connectivity index (χ1) is 6.16. The summed E-state index contributed by atoms with van der Waals surface area (Å²) in [4.78, 5) is 11.1. The Morgan fingerprint density at radius 1 is 1.54 bits per heavy atom. The molecule has 0 saturated carbocycles. The van der Waals surface area contributed by atoms with Crippen molar-refractivity contribution < 1.29 is 4.79 Å². The van der Waals surface area contributed by atoms with Gasteiger partial charge in [0.15, 0.2) is 0 Å². The second-order valence-electron chi connectivity index (χ2n) is 3.44. The molecule has 0 rings (SSSR count). The summed E-state index contributed by atoms with van der Waals surface area (Å²) < 4.78 is 0. The van der Waals surface area contributed by atoms with Gasteiger partial charge in [-0.2, -0.15) is 0 Å². The normalized spacial score (nSPS) is 10.1. The summed E-state index contributed by atoms with van der Waals surface area (Å²) >= 11 is 0. The van der Waals surface area contributed by atoms with Crippen molar-refractivity contribution in [1.82, 2.24) is 10.6 Å². The van der Waals surface area contributed by atoms with E-state index in [0.29, 0.717) is 12.3 Å². The molecule has 0 unspecified atom stereocenters. The van der Waals surface area contributed by atoms with Gasteiger partial charge < -0.3 is 10.6 Å². The van der Waals surface area contributed by atoms with E-state index in [9.17, 15) is 4.79 Å². The number of carbonyl (C=O) groups is 1. The van der Waals surface area contributed by atoms with Crippen LogP contribution in [-0.4, -0.2) is 25.5 Å². The molecule has 0 radical (unpaired) electrons. The van der Waals surface area contributed by atoms with Gasteiger partial charge in [0, 0.05) is 26.1 Å². The number of rotatable bonds is 7. The molecule has 0 saturated heterocycles. The van der Waals surface area contributed by atoms with Crippen LogP contribution in [0.25, 0.3) is 0 Å². The van der Waals surface area contributed by atoms with Crippen LogP contribution >= 0.6 is 0 Å². The molecule has 3 heteroatoms. The minimum Gasteiger partial charge on any atom is -0.356 e. The molecule has 0 aromatic rings. The fraction of sp³-hybridized carbons (Fsp3) is 0.700. The van der Waals surface area contributed by atoms with E-state index < -0.39 is 0 Å². The van der Waals surface area contributed by atoms with Crippen LogP contribution in [0.1, 0.15) is 20.3 Å². The van der Waals surface area contributed by atoms with Crippen LogP contribution in [-0.2, 0) is 4.79 Å². The molecule has 0 aromatic heterocycles. The number of hydrogen-bond acceptors (Lipinski definition) is 2. The maximum atomic E-state index is 11.1. The summed E-state index contributed by atoms with van der Waals surface area (Å²) in [7, 11) is 0. The molecule has 76 valence electrons. The third kappa shape index (κ3) is 9.08. The second-order valence-corrected chi connectivity index (χ2v) is 3.44. The zero-order valence-corrected chi connectivity index (χ0v) is 8.60. The van der Waals surface area contributed by atoms with E-state index in [4.69, 9.17) is 0 Å². The Morgan fingerprint density at radius 3 is 2.77 bits per heavy atom. The van der Waals surface area contributed by atoms with Crippen LogP contribution in [0.15, 0.2) is 12.7 Å². The smallest absolute Gasteiger partial charge is 0.221 e. The zero-order valence-electron chi connectivity index (χ0n) is 8.60. The van der Waals surface area contributed by atoms with Gasteiger partial charge in [-0.05, 0) is 5.92 Å². The maximum Gasteiger partial charge on any atom is 0.221 e. The largest absolute Gasteiger partial charge is 0.356 e.